The van der Waals surface area contributed by atoms with E-state index in [1.54, 1.807) is 12.1 Å². The van der Waals surface area contributed by atoms with E-state index in [4.69, 9.17) is 4.74 Å². The van der Waals surface area contributed by atoms with E-state index < -0.39 is 17.7 Å². The molecular formula is C31H41F2N3O4. The number of halogens is 2. The van der Waals surface area contributed by atoms with Gasteiger partial charge in [0.1, 0.15) is 11.6 Å². The summed E-state index contributed by atoms with van der Waals surface area (Å²) in [7, 11) is 0. The van der Waals surface area contributed by atoms with Gasteiger partial charge >= 0.3 is 0 Å². The van der Waals surface area contributed by atoms with Crippen LogP contribution in [0.5, 0.6) is 0 Å². The second-order valence-electron chi connectivity index (χ2n) is 10.6. The zero-order chi connectivity index (χ0) is 28.9. The smallest absolute Gasteiger partial charge is 0.251 e. The maximum atomic E-state index is 13.4. The molecule has 40 heavy (non-hydrogen) atoms. The molecule has 0 saturated carbocycles. The van der Waals surface area contributed by atoms with E-state index >= 15 is 0 Å². The van der Waals surface area contributed by atoms with Crippen molar-refractivity contribution >= 4 is 17.6 Å². The number of amides is 2. The van der Waals surface area contributed by atoms with Gasteiger partial charge in [0, 0.05) is 56.0 Å². The Hall–Kier alpha value is -3.17. The first-order valence-corrected chi connectivity index (χ1v) is 14.2. The highest BCUT2D eigenvalue weighted by molar-refractivity contribution is 5.98. The Bertz CT molecular complexity index is 1100. The number of likely N-dealkylation sites (tertiary alicyclic amines) is 1. The van der Waals surface area contributed by atoms with Gasteiger partial charge in [0.15, 0.2) is 5.78 Å². The normalized spacial score (nSPS) is 16.6. The average Bonchev–Trinajstić information content (AvgIpc) is 2.98. The fourth-order valence-electron chi connectivity index (χ4n) is 4.87. The van der Waals surface area contributed by atoms with Crippen LogP contribution < -0.4 is 10.6 Å². The lowest BCUT2D eigenvalue weighted by Gasteiger charge is -2.31. The second-order valence-corrected chi connectivity index (χ2v) is 10.6. The van der Waals surface area contributed by atoms with Crippen LogP contribution in [0.15, 0.2) is 48.5 Å². The molecule has 1 atom stereocenters. The third-order valence-electron chi connectivity index (χ3n) is 7.25. The van der Waals surface area contributed by atoms with Crippen molar-refractivity contribution in [3.8, 4) is 0 Å². The van der Waals surface area contributed by atoms with Crippen LogP contribution in [-0.2, 0) is 20.9 Å². The molecule has 2 aliphatic rings. The third kappa shape index (κ3) is 9.78. The number of rotatable bonds is 9. The van der Waals surface area contributed by atoms with Crippen LogP contribution in [0.25, 0.3) is 0 Å². The number of hydrogen-bond acceptors (Lipinski definition) is 5. The SMILES string of the molecule is CC(C)C(=O)C(NC(=O)c1ccccc1)C1CCOCC1.O=C(CNCc1ccc(F)cc1F)N1CCCCC1. The number of nitrogens with zero attached hydrogens (tertiary/aromatic N) is 1. The number of carbonyl (C=O) groups excluding carboxylic acids is 3. The third-order valence-corrected chi connectivity index (χ3v) is 7.25. The van der Waals surface area contributed by atoms with Crippen LogP contribution in [-0.4, -0.2) is 61.4 Å². The van der Waals surface area contributed by atoms with Gasteiger partial charge in [0.25, 0.3) is 5.91 Å². The van der Waals surface area contributed by atoms with Gasteiger partial charge in [0.2, 0.25) is 5.91 Å². The minimum absolute atomic E-state index is 0.0437. The molecule has 2 heterocycles. The van der Waals surface area contributed by atoms with Crippen molar-refractivity contribution in [1.82, 2.24) is 15.5 Å². The summed E-state index contributed by atoms with van der Waals surface area (Å²) in [6.07, 6.45) is 4.92. The first-order valence-electron chi connectivity index (χ1n) is 14.2. The molecule has 2 aromatic rings. The van der Waals surface area contributed by atoms with Crippen molar-refractivity contribution in [3.05, 3.63) is 71.3 Å². The summed E-state index contributed by atoms with van der Waals surface area (Å²) in [5.41, 5.74) is 0.957. The summed E-state index contributed by atoms with van der Waals surface area (Å²) < 4.78 is 31.4. The van der Waals surface area contributed by atoms with Gasteiger partial charge < -0.3 is 20.3 Å². The zero-order valence-corrected chi connectivity index (χ0v) is 23.5. The molecule has 0 aliphatic carbocycles. The number of carbonyl (C=O) groups is 3. The molecule has 2 saturated heterocycles. The Kier molecular flexibility index (Phi) is 12.7. The van der Waals surface area contributed by atoms with Gasteiger partial charge in [0.05, 0.1) is 12.6 Å². The van der Waals surface area contributed by atoms with Gasteiger partial charge in [-0.2, -0.15) is 0 Å². The van der Waals surface area contributed by atoms with Crippen LogP contribution in [0.3, 0.4) is 0 Å². The fraction of sp³-hybridized carbons (Fsp3) is 0.516. The Morgan fingerprint density at radius 3 is 2.27 bits per heavy atom. The van der Waals surface area contributed by atoms with Crippen LogP contribution in [0.4, 0.5) is 8.78 Å². The monoisotopic (exact) mass is 557 g/mol. The Morgan fingerprint density at radius 2 is 1.65 bits per heavy atom. The lowest BCUT2D eigenvalue weighted by Crippen LogP contribution is -2.49. The molecule has 2 fully saturated rings. The lowest BCUT2D eigenvalue weighted by atomic mass is 9.85. The van der Waals surface area contributed by atoms with Gasteiger partial charge in [-0.1, -0.05) is 38.1 Å². The van der Waals surface area contributed by atoms with E-state index in [-0.39, 0.29) is 42.5 Å². The second kappa shape index (κ2) is 16.2. The molecule has 2 amide bonds. The maximum Gasteiger partial charge on any atom is 0.251 e. The summed E-state index contributed by atoms with van der Waals surface area (Å²) in [4.78, 5) is 38.5. The number of piperidine rings is 1. The minimum Gasteiger partial charge on any atom is -0.381 e. The summed E-state index contributed by atoms with van der Waals surface area (Å²) in [6.45, 7) is 7.12. The fourth-order valence-corrected chi connectivity index (χ4v) is 4.87. The molecule has 1 unspecified atom stereocenters. The standard InChI is InChI=1S/C17H23NO3.C14H18F2N2O/c1-12(2)16(19)15(13-8-10-21-11-9-13)18-17(20)14-6-4-3-5-7-14;15-12-5-4-11(13(16)8-12)9-17-10-14(19)18-6-2-1-3-7-18/h3-7,12-13,15H,8-11H2,1-2H3,(H,18,20);4-5,8,17H,1-3,6-7,9-10H2. The molecule has 2 aliphatic heterocycles. The van der Waals surface area contributed by atoms with E-state index in [0.717, 1.165) is 44.8 Å². The molecule has 0 radical (unpaired) electrons. The maximum absolute atomic E-state index is 13.4. The molecule has 4 rings (SSSR count). The van der Waals surface area contributed by atoms with E-state index in [1.165, 1.54) is 18.6 Å². The molecule has 9 heteroatoms. The topological polar surface area (TPSA) is 87.7 Å². The minimum atomic E-state index is -0.592. The first kappa shape index (κ1) is 31.4. The van der Waals surface area contributed by atoms with Crippen molar-refractivity contribution in [1.29, 1.82) is 0 Å². The quantitative estimate of drug-likeness (QED) is 0.474. The van der Waals surface area contributed by atoms with Gasteiger partial charge in [-0.05, 0) is 56.2 Å². The van der Waals surface area contributed by atoms with Crippen LogP contribution in [0, 0.1) is 23.5 Å². The predicted octanol–water partition coefficient (Wildman–Crippen LogP) is 4.50. The number of ether oxygens (including phenoxy) is 1. The highest BCUT2D eigenvalue weighted by Crippen LogP contribution is 2.22. The molecule has 0 aromatic heterocycles. The van der Waals surface area contributed by atoms with Crippen molar-refractivity contribution < 1.29 is 27.9 Å². The van der Waals surface area contributed by atoms with Crippen molar-refractivity contribution in [2.45, 2.75) is 58.5 Å². The predicted molar refractivity (Wildman–Crippen MR) is 150 cm³/mol. The molecule has 0 bridgehead atoms. The van der Waals surface area contributed by atoms with E-state index in [9.17, 15) is 23.2 Å². The number of hydrogen-bond donors (Lipinski definition) is 2. The largest absolute Gasteiger partial charge is 0.381 e. The molecule has 2 aromatic carbocycles. The highest BCUT2D eigenvalue weighted by atomic mass is 19.1. The highest BCUT2D eigenvalue weighted by Gasteiger charge is 2.32. The zero-order valence-electron chi connectivity index (χ0n) is 23.5. The summed E-state index contributed by atoms with van der Waals surface area (Å²) in [6, 6.07) is 12.1. The summed E-state index contributed by atoms with van der Waals surface area (Å²) >= 11 is 0. The Morgan fingerprint density at radius 1 is 0.975 bits per heavy atom. The van der Waals surface area contributed by atoms with Crippen LogP contribution in [0.2, 0.25) is 0 Å². The van der Waals surface area contributed by atoms with Gasteiger partial charge in [-0.25, -0.2) is 8.78 Å². The molecule has 7 nitrogen and oxygen atoms in total. The molecule has 2 N–H and O–H groups in total. The summed E-state index contributed by atoms with van der Waals surface area (Å²) in [5, 5.41) is 5.85. The van der Waals surface area contributed by atoms with Crippen molar-refractivity contribution in [2.75, 3.05) is 32.8 Å². The van der Waals surface area contributed by atoms with Crippen LogP contribution >= 0.6 is 0 Å². The van der Waals surface area contributed by atoms with E-state index in [0.29, 0.717) is 24.3 Å². The van der Waals surface area contributed by atoms with Crippen molar-refractivity contribution in [3.63, 3.8) is 0 Å². The first-order chi connectivity index (χ1) is 19.3. The van der Waals surface area contributed by atoms with Gasteiger partial charge in [-0.15, -0.1) is 0 Å². The Labute approximate surface area is 235 Å². The van der Waals surface area contributed by atoms with Gasteiger partial charge in [-0.3, -0.25) is 14.4 Å². The van der Waals surface area contributed by atoms with Crippen molar-refractivity contribution in [2.24, 2.45) is 11.8 Å². The number of nitrogens with one attached hydrogen (secondary N) is 2. The average molecular weight is 558 g/mol. The number of Topliss-reactive ketones (excluding diaryl/α,β-unsaturated/α-hetero) is 1. The van der Waals surface area contributed by atoms with Crippen LogP contribution in [0.1, 0.15) is 61.9 Å². The summed E-state index contributed by atoms with van der Waals surface area (Å²) in [5.74, 6) is -1.13. The Balaban J connectivity index is 0.000000222. The van der Waals surface area contributed by atoms with E-state index in [1.807, 2.05) is 36.9 Å². The molecule has 0 spiro atoms. The number of benzene rings is 2. The molecular weight excluding hydrogens is 516 g/mol. The molecule has 218 valence electrons. The lowest BCUT2D eigenvalue weighted by molar-refractivity contribution is -0.131. The van der Waals surface area contributed by atoms with E-state index in [2.05, 4.69) is 10.6 Å². The number of ketones is 1.